The van der Waals surface area contributed by atoms with Crippen molar-refractivity contribution in [1.29, 1.82) is 0 Å². The second-order valence-electron chi connectivity index (χ2n) is 11.3. The molecule has 0 bridgehead atoms. The summed E-state index contributed by atoms with van der Waals surface area (Å²) in [6.45, 7) is 11.4. The van der Waals surface area contributed by atoms with Crippen LogP contribution in [0.15, 0.2) is 53.4 Å². The second kappa shape index (κ2) is 11.4. The molecule has 0 unspecified atom stereocenters. The van der Waals surface area contributed by atoms with Crippen molar-refractivity contribution < 1.29 is 37.0 Å². The van der Waals surface area contributed by atoms with Crippen molar-refractivity contribution in [2.45, 2.75) is 45.4 Å². The van der Waals surface area contributed by atoms with E-state index in [1.807, 2.05) is 13.8 Å². The highest BCUT2D eigenvalue weighted by Gasteiger charge is 2.40. The molecule has 1 fully saturated rings. The molecule has 1 N–H and O–H groups in total. The predicted octanol–water partition coefficient (Wildman–Crippen LogP) is 4.18. The molecule has 2 aromatic rings. The minimum Gasteiger partial charge on any atom is -0.484 e. The van der Waals surface area contributed by atoms with E-state index in [0.29, 0.717) is 36.8 Å². The number of morpholine rings is 1. The molecule has 0 aromatic carbocycles. The number of hydrogen-bond acceptors (Lipinski definition) is 6. The lowest BCUT2D eigenvalue weighted by atomic mass is 9.82. The number of allylic oxidation sites excluding steroid dienone is 1. The fourth-order valence-corrected chi connectivity index (χ4v) is 5.27. The van der Waals surface area contributed by atoms with Crippen LogP contribution in [0.3, 0.4) is 0 Å². The molecule has 42 heavy (non-hydrogen) atoms. The summed E-state index contributed by atoms with van der Waals surface area (Å²) in [5.41, 5.74) is 5.30. The lowest BCUT2D eigenvalue weighted by Crippen LogP contribution is -2.38. The quantitative estimate of drug-likeness (QED) is 0.387. The van der Waals surface area contributed by atoms with Crippen LogP contribution in [-0.2, 0) is 35.4 Å². The Labute approximate surface area is 241 Å². The number of carbonyl (C=O) groups is 2. The zero-order valence-corrected chi connectivity index (χ0v) is 23.9. The molecule has 224 valence electrons. The van der Waals surface area contributed by atoms with Crippen molar-refractivity contribution in [2.75, 3.05) is 46.0 Å². The van der Waals surface area contributed by atoms with Gasteiger partial charge in [-0.05, 0) is 37.8 Å². The number of nitrogens with one attached hydrogen (secondary N) is 1. The number of fused-ring (bicyclic) bond motifs is 3. The fourth-order valence-electron chi connectivity index (χ4n) is 5.27. The number of rotatable bonds is 7. The number of carbonyl (C=O) groups excluding carboxylic acids is 2. The van der Waals surface area contributed by atoms with Gasteiger partial charge in [0, 0.05) is 49.6 Å². The van der Waals surface area contributed by atoms with Gasteiger partial charge in [-0.1, -0.05) is 19.6 Å². The van der Waals surface area contributed by atoms with Crippen LogP contribution in [-0.4, -0.2) is 83.4 Å². The van der Waals surface area contributed by atoms with Gasteiger partial charge in [0.05, 0.1) is 41.7 Å². The van der Waals surface area contributed by atoms with Gasteiger partial charge in [0.1, 0.15) is 12.2 Å². The maximum atomic E-state index is 13.7. The Kier molecular flexibility index (Phi) is 8.00. The number of ether oxygens (including phenoxy) is 3. The maximum absolute atomic E-state index is 13.7. The van der Waals surface area contributed by atoms with Gasteiger partial charge in [-0.3, -0.25) is 19.3 Å². The molecule has 2 aromatic heterocycles. The first-order valence-electron chi connectivity index (χ1n) is 13.8. The van der Waals surface area contributed by atoms with E-state index in [2.05, 4.69) is 21.5 Å². The standard InChI is InChI=1S/C30H33F3N4O5/c1-19(2)42-28(39)23-17-36(18-29(3,4)25-24-15-21(30(31,32)33)16-37(24)34-26(23)25)27(38)20-5-7-22(8-6-20)41-14-11-35-9-12-40-13-10-35/h5,7,15-17,19,34H,9-14,18H2,1-4H3. The lowest BCUT2D eigenvalue weighted by molar-refractivity contribution is -0.140. The number of nitrogens with zero attached hydrogens (tertiary/aromatic N) is 3. The van der Waals surface area contributed by atoms with E-state index in [1.54, 1.807) is 26.0 Å². The van der Waals surface area contributed by atoms with Crippen LogP contribution in [0.25, 0.3) is 11.1 Å². The molecule has 0 spiro atoms. The summed E-state index contributed by atoms with van der Waals surface area (Å²) in [6, 6.07) is 1.04. The van der Waals surface area contributed by atoms with Gasteiger partial charge >= 0.3 is 12.1 Å². The third kappa shape index (κ3) is 6.12. The van der Waals surface area contributed by atoms with Crippen LogP contribution in [0.2, 0.25) is 0 Å². The number of halogens is 3. The Morgan fingerprint density at radius 3 is 2.55 bits per heavy atom. The molecular weight excluding hydrogens is 553 g/mol. The summed E-state index contributed by atoms with van der Waals surface area (Å²) < 4.78 is 58.4. The first-order chi connectivity index (χ1) is 19.8. The molecular formula is C30H33F3N4O5. The summed E-state index contributed by atoms with van der Waals surface area (Å²) in [4.78, 5) is 30.5. The normalized spacial score (nSPS) is 18.9. The van der Waals surface area contributed by atoms with Gasteiger partial charge in [0.25, 0.3) is 5.91 Å². The first kappa shape index (κ1) is 29.5. The van der Waals surface area contributed by atoms with E-state index in [0.717, 1.165) is 31.9 Å². The summed E-state index contributed by atoms with van der Waals surface area (Å²) in [7, 11) is 0. The van der Waals surface area contributed by atoms with Gasteiger partial charge in [0.2, 0.25) is 0 Å². The zero-order chi connectivity index (χ0) is 30.2. The van der Waals surface area contributed by atoms with Crippen molar-refractivity contribution in [3.63, 3.8) is 0 Å². The fraction of sp³-hybridized carbons (Fsp3) is 0.467. The molecule has 4 heterocycles. The highest BCUT2D eigenvalue weighted by atomic mass is 19.4. The minimum absolute atomic E-state index is 0.0296. The SMILES string of the molecule is CC(C)OC(=O)C1=CN(C(=O)C2=C=C=C(OCCN3CCOCC3)C=C2)CC(C)(C)c2c1[nH]n1cc(C(F)(F)F)cc21. The summed E-state index contributed by atoms with van der Waals surface area (Å²) in [6.07, 6.45) is 0.539. The van der Waals surface area contributed by atoms with Crippen LogP contribution in [0.1, 0.15) is 44.5 Å². The smallest absolute Gasteiger partial charge is 0.417 e. The van der Waals surface area contributed by atoms with E-state index in [-0.39, 0.29) is 23.2 Å². The van der Waals surface area contributed by atoms with Crippen LogP contribution < -0.4 is 0 Å². The van der Waals surface area contributed by atoms with Crippen molar-refractivity contribution in [3.05, 3.63) is 70.2 Å². The highest BCUT2D eigenvalue weighted by Crippen LogP contribution is 2.41. The summed E-state index contributed by atoms with van der Waals surface area (Å²) >= 11 is 0. The van der Waals surface area contributed by atoms with E-state index in [4.69, 9.17) is 14.2 Å². The van der Waals surface area contributed by atoms with Gasteiger partial charge in [0.15, 0.2) is 5.76 Å². The van der Waals surface area contributed by atoms with Crippen LogP contribution in [0.5, 0.6) is 0 Å². The van der Waals surface area contributed by atoms with Crippen LogP contribution in [0.4, 0.5) is 13.2 Å². The summed E-state index contributed by atoms with van der Waals surface area (Å²) in [5, 5.41) is 2.93. The zero-order valence-electron chi connectivity index (χ0n) is 23.9. The Balaban J connectivity index is 1.45. The molecule has 5 rings (SSSR count). The molecule has 9 nitrogen and oxygen atoms in total. The molecule has 3 aliphatic rings. The molecule has 12 heteroatoms. The molecule has 0 atom stereocenters. The topological polar surface area (TPSA) is 88.5 Å². The monoisotopic (exact) mass is 586 g/mol. The first-order valence-corrected chi connectivity index (χ1v) is 13.8. The van der Waals surface area contributed by atoms with Crippen LogP contribution >= 0.6 is 0 Å². The average Bonchev–Trinajstić information content (AvgIpc) is 3.47. The van der Waals surface area contributed by atoms with Crippen molar-refractivity contribution in [3.8, 4) is 0 Å². The van der Waals surface area contributed by atoms with Gasteiger partial charge in [-0.15, -0.1) is 0 Å². The number of amides is 1. The number of H-pyrrole nitrogens is 1. The molecule has 1 aliphatic carbocycles. The molecule has 0 saturated carbocycles. The molecule has 2 aliphatic heterocycles. The lowest BCUT2D eigenvalue weighted by Gasteiger charge is -2.29. The largest absolute Gasteiger partial charge is 0.484 e. The highest BCUT2D eigenvalue weighted by molar-refractivity contribution is 6.17. The minimum atomic E-state index is -4.55. The second-order valence-corrected chi connectivity index (χ2v) is 11.3. The predicted molar refractivity (Wildman–Crippen MR) is 147 cm³/mol. The van der Waals surface area contributed by atoms with E-state index in [1.165, 1.54) is 15.6 Å². The Morgan fingerprint density at radius 2 is 1.90 bits per heavy atom. The Hall–Kier alpha value is -3.95. The van der Waals surface area contributed by atoms with Crippen molar-refractivity contribution in [1.82, 2.24) is 19.4 Å². The Bertz CT molecular complexity index is 1560. The molecule has 1 saturated heterocycles. The number of aromatic amines is 1. The third-order valence-electron chi connectivity index (χ3n) is 7.23. The number of hydrogen-bond donors (Lipinski definition) is 1. The average molecular weight is 587 g/mol. The molecule has 1 amide bonds. The van der Waals surface area contributed by atoms with Gasteiger partial charge in [-0.25, -0.2) is 4.79 Å². The van der Waals surface area contributed by atoms with Crippen LogP contribution in [0, 0.1) is 0 Å². The number of esters is 1. The van der Waals surface area contributed by atoms with Crippen molar-refractivity contribution in [2.24, 2.45) is 0 Å². The number of aromatic nitrogens is 2. The third-order valence-corrected chi connectivity index (χ3v) is 7.23. The van der Waals surface area contributed by atoms with E-state index >= 15 is 0 Å². The van der Waals surface area contributed by atoms with E-state index < -0.39 is 35.1 Å². The maximum Gasteiger partial charge on any atom is 0.417 e. The van der Waals surface area contributed by atoms with Gasteiger partial charge in [-0.2, -0.15) is 13.2 Å². The Morgan fingerprint density at radius 1 is 1.17 bits per heavy atom. The summed E-state index contributed by atoms with van der Waals surface area (Å²) in [5.74, 6) is -0.720. The molecule has 0 radical (unpaired) electrons. The van der Waals surface area contributed by atoms with E-state index in [9.17, 15) is 22.8 Å². The number of alkyl halides is 3. The van der Waals surface area contributed by atoms with Gasteiger partial charge < -0.3 is 19.1 Å². The van der Waals surface area contributed by atoms with Crippen molar-refractivity contribution >= 4 is 23.0 Å².